The maximum absolute atomic E-state index is 13.1. The molecule has 1 atom stereocenters. The number of benzene rings is 2. The summed E-state index contributed by atoms with van der Waals surface area (Å²) in [4.78, 5) is 62.8. The van der Waals surface area contributed by atoms with Crippen molar-refractivity contribution in [2.75, 3.05) is 19.0 Å². The molecule has 1 N–H and O–H groups in total. The first-order valence-corrected chi connectivity index (χ1v) is 11.9. The first kappa shape index (κ1) is 28.5. The summed E-state index contributed by atoms with van der Waals surface area (Å²) in [7, 11) is 1.34. The largest absolute Gasteiger partial charge is 0.497 e. The van der Waals surface area contributed by atoms with Gasteiger partial charge in [0.15, 0.2) is 6.61 Å². The number of ether oxygens (including phenoxy) is 2. The molecule has 0 spiro atoms. The number of imide groups is 1. The fourth-order valence-corrected chi connectivity index (χ4v) is 4.62. The Morgan fingerprint density at radius 1 is 1.03 bits per heavy atom. The third kappa shape index (κ3) is 5.30. The van der Waals surface area contributed by atoms with E-state index in [1.54, 1.807) is 13.8 Å². The Morgan fingerprint density at radius 2 is 1.57 bits per heavy atom. The number of fused-ring (bicyclic) bond motifs is 1. The number of nitrogens with zero attached hydrogens (tertiary/aromatic N) is 2. The number of halogens is 4. The van der Waals surface area contributed by atoms with Crippen molar-refractivity contribution in [1.29, 1.82) is 0 Å². The van der Waals surface area contributed by atoms with E-state index in [0.717, 1.165) is 6.07 Å². The lowest BCUT2D eigenvalue weighted by molar-refractivity contribution is -0.383. The molecule has 0 saturated heterocycles. The van der Waals surface area contributed by atoms with Crippen molar-refractivity contribution in [2.24, 2.45) is 5.92 Å². The lowest BCUT2D eigenvalue weighted by Gasteiger charge is -2.27. The molecule has 11 nitrogen and oxygen atoms in total. The van der Waals surface area contributed by atoms with E-state index in [4.69, 9.17) is 55.9 Å². The second-order valence-corrected chi connectivity index (χ2v) is 9.48. The highest BCUT2D eigenvalue weighted by molar-refractivity contribution is 6.55. The molecule has 2 aromatic carbocycles. The molecule has 0 saturated carbocycles. The Kier molecular flexibility index (Phi) is 8.53. The zero-order chi connectivity index (χ0) is 27.8. The first-order valence-electron chi connectivity index (χ1n) is 10.3. The average molecular weight is 593 g/mol. The number of hydrogen-bond donors (Lipinski definition) is 1. The Hall–Kier alpha value is -3.12. The van der Waals surface area contributed by atoms with E-state index in [2.05, 4.69) is 5.32 Å². The van der Waals surface area contributed by atoms with Crippen molar-refractivity contribution in [1.82, 2.24) is 4.90 Å². The number of carbonyl (C=O) groups excluding carboxylic acids is 4. The summed E-state index contributed by atoms with van der Waals surface area (Å²) in [6.07, 6.45) is 0. The van der Waals surface area contributed by atoms with E-state index in [1.807, 2.05) is 0 Å². The molecule has 2 aromatic rings. The van der Waals surface area contributed by atoms with Crippen LogP contribution in [0.1, 0.15) is 34.6 Å². The third-order valence-corrected chi connectivity index (χ3v) is 7.11. The van der Waals surface area contributed by atoms with E-state index in [-0.39, 0.29) is 42.7 Å². The van der Waals surface area contributed by atoms with Crippen LogP contribution in [0.5, 0.6) is 5.75 Å². The molecule has 3 amide bonds. The zero-order valence-electron chi connectivity index (χ0n) is 19.3. The number of amides is 3. The SMILES string of the molecule is COc1ccc([N+](=O)[O-])c(NC(=O)COC(=O)[C@H](C(C)C)N2C(=O)c3c(Cl)c(Cl)c(Cl)c(Cl)c3C2=O)c1. The van der Waals surface area contributed by atoms with Gasteiger partial charge in [-0.25, -0.2) is 4.79 Å². The number of rotatable bonds is 8. The van der Waals surface area contributed by atoms with Crippen molar-refractivity contribution in [3.8, 4) is 5.75 Å². The van der Waals surface area contributed by atoms with Gasteiger partial charge in [0.05, 0.1) is 43.3 Å². The number of methoxy groups -OCH3 is 1. The van der Waals surface area contributed by atoms with Gasteiger partial charge in [-0.2, -0.15) is 0 Å². The van der Waals surface area contributed by atoms with Gasteiger partial charge in [-0.05, 0) is 12.0 Å². The van der Waals surface area contributed by atoms with Gasteiger partial charge in [0, 0.05) is 12.1 Å². The maximum Gasteiger partial charge on any atom is 0.330 e. The highest BCUT2D eigenvalue weighted by Crippen LogP contribution is 2.45. The normalized spacial score (nSPS) is 13.5. The van der Waals surface area contributed by atoms with Crippen LogP contribution in [0.4, 0.5) is 11.4 Å². The predicted octanol–water partition coefficient (Wildman–Crippen LogP) is 5.02. The second kappa shape index (κ2) is 11.1. The van der Waals surface area contributed by atoms with Crippen molar-refractivity contribution in [2.45, 2.75) is 19.9 Å². The van der Waals surface area contributed by atoms with Crippen LogP contribution in [0, 0.1) is 16.0 Å². The molecule has 0 aromatic heterocycles. The van der Waals surface area contributed by atoms with E-state index in [1.165, 1.54) is 19.2 Å². The van der Waals surface area contributed by atoms with Gasteiger partial charge in [-0.1, -0.05) is 60.3 Å². The van der Waals surface area contributed by atoms with Crippen molar-refractivity contribution in [3.05, 3.63) is 59.5 Å². The number of nitrogens with one attached hydrogen (secondary N) is 1. The number of anilines is 1. The molecule has 196 valence electrons. The monoisotopic (exact) mass is 591 g/mol. The Balaban J connectivity index is 1.81. The highest BCUT2D eigenvalue weighted by atomic mass is 35.5. The zero-order valence-corrected chi connectivity index (χ0v) is 22.3. The Bertz CT molecular complexity index is 1300. The molecule has 0 fully saturated rings. The van der Waals surface area contributed by atoms with Crippen molar-refractivity contribution >= 4 is 81.5 Å². The summed E-state index contributed by atoms with van der Waals surface area (Å²) in [5.74, 6) is -4.33. The summed E-state index contributed by atoms with van der Waals surface area (Å²) in [6.45, 7) is 2.20. The summed E-state index contributed by atoms with van der Waals surface area (Å²) < 4.78 is 10.1. The van der Waals surface area contributed by atoms with Crippen LogP contribution >= 0.6 is 46.4 Å². The quantitative estimate of drug-likeness (QED) is 0.112. The Morgan fingerprint density at radius 3 is 2.03 bits per heavy atom. The molecule has 0 unspecified atom stereocenters. The molecular formula is C22H17Cl4N3O8. The summed E-state index contributed by atoms with van der Waals surface area (Å²) in [6, 6.07) is 2.21. The number of nitro benzene ring substituents is 1. The molecule has 3 rings (SSSR count). The standard InChI is InChI=1S/C22H17Cl4N3O8/c1-8(2)19(28-20(31)13-14(21(28)32)16(24)18(26)17(25)15(13)23)22(33)37-7-12(30)27-10-6-9(36-3)4-5-11(10)29(34)35/h4-6,8,19H,7H2,1-3H3,(H,27,30)/t19-/m0/s1. The van der Waals surface area contributed by atoms with Gasteiger partial charge in [-0.15, -0.1) is 0 Å². The number of esters is 1. The van der Waals surface area contributed by atoms with E-state index >= 15 is 0 Å². The highest BCUT2D eigenvalue weighted by Gasteiger charge is 2.48. The van der Waals surface area contributed by atoms with Crippen LogP contribution in [-0.2, 0) is 14.3 Å². The molecule has 1 aliphatic heterocycles. The molecule has 37 heavy (non-hydrogen) atoms. The van der Waals surface area contributed by atoms with Gasteiger partial charge in [-0.3, -0.25) is 29.4 Å². The number of carbonyl (C=O) groups is 4. The van der Waals surface area contributed by atoms with Crippen LogP contribution in [0.2, 0.25) is 20.1 Å². The molecular weight excluding hydrogens is 576 g/mol. The summed E-state index contributed by atoms with van der Waals surface area (Å²) in [5, 5.41) is 12.4. The summed E-state index contributed by atoms with van der Waals surface area (Å²) >= 11 is 24.3. The smallest absolute Gasteiger partial charge is 0.330 e. The van der Waals surface area contributed by atoms with Gasteiger partial charge < -0.3 is 14.8 Å². The minimum Gasteiger partial charge on any atom is -0.497 e. The molecule has 1 heterocycles. The fraction of sp³-hybridized carbons (Fsp3) is 0.273. The molecule has 0 bridgehead atoms. The van der Waals surface area contributed by atoms with Gasteiger partial charge >= 0.3 is 5.97 Å². The minimum atomic E-state index is -1.48. The number of nitro groups is 1. The lowest BCUT2D eigenvalue weighted by atomic mass is 10.0. The fourth-order valence-electron chi connectivity index (χ4n) is 3.60. The number of hydrogen-bond acceptors (Lipinski definition) is 8. The van der Waals surface area contributed by atoms with Crippen molar-refractivity contribution in [3.63, 3.8) is 0 Å². The van der Waals surface area contributed by atoms with Crippen LogP contribution in [0.15, 0.2) is 18.2 Å². The lowest BCUT2D eigenvalue weighted by Crippen LogP contribution is -2.49. The minimum absolute atomic E-state index is 0.191. The van der Waals surface area contributed by atoms with Gasteiger partial charge in [0.25, 0.3) is 23.4 Å². The van der Waals surface area contributed by atoms with E-state index in [0.29, 0.717) is 4.90 Å². The Labute approximate surface area is 229 Å². The molecule has 0 aliphatic carbocycles. The van der Waals surface area contributed by atoms with Crippen molar-refractivity contribution < 1.29 is 33.6 Å². The van der Waals surface area contributed by atoms with E-state index in [9.17, 15) is 29.3 Å². The van der Waals surface area contributed by atoms with Crippen LogP contribution in [0.3, 0.4) is 0 Å². The van der Waals surface area contributed by atoms with Crippen LogP contribution in [0.25, 0.3) is 0 Å². The van der Waals surface area contributed by atoms with E-state index < -0.39 is 52.9 Å². The molecule has 15 heteroatoms. The topological polar surface area (TPSA) is 145 Å². The van der Waals surface area contributed by atoms with Gasteiger partial charge in [0.1, 0.15) is 17.5 Å². The van der Waals surface area contributed by atoms with Crippen LogP contribution in [-0.4, -0.2) is 53.3 Å². The predicted molar refractivity (Wildman–Crippen MR) is 135 cm³/mol. The van der Waals surface area contributed by atoms with Gasteiger partial charge in [0.2, 0.25) is 0 Å². The first-order chi connectivity index (χ1) is 17.3. The second-order valence-electron chi connectivity index (χ2n) is 7.97. The average Bonchev–Trinajstić information content (AvgIpc) is 3.10. The molecule has 1 aliphatic rings. The molecule has 0 radical (unpaired) electrons. The summed E-state index contributed by atoms with van der Waals surface area (Å²) in [5.41, 5.74) is -1.23. The third-order valence-electron chi connectivity index (χ3n) is 5.30. The maximum atomic E-state index is 13.1. The van der Waals surface area contributed by atoms with Crippen LogP contribution < -0.4 is 10.1 Å².